The zero-order valence-electron chi connectivity index (χ0n) is 7.84. The summed E-state index contributed by atoms with van der Waals surface area (Å²) in [5, 5.41) is 4.17. The van der Waals surface area contributed by atoms with Gasteiger partial charge in [0.1, 0.15) is 6.61 Å². The molecular weight excluding hydrogens is 204 g/mol. The van der Waals surface area contributed by atoms with Crippen LogP contribution in [0.15, 0.2) is 6.07 Å². The highest BCUT2D eigenvalue weighted by molar-refractivity contribution is 7.67. The molecule has 0 spiro atoms. The van der Waals surface area contributed by atoms with Crippen LogP contribution >= 0.6 is 0 Å². The molecule has 0 radical (unpaired) electrons. The molecule has 0 atom stereocenters. The maximum absolute atomic E-state index is 10.2. The molecule has 0 amide bonds. The van der Waals surface area contributed by atoms with E-state index in [2.05, 4.69) is 9.28 Å². The summed E-state index contributed by atoms with van der Waals surface area (Å²) in [5.74, 6) is 0.613. The largest absolute Gasteiger partial charge is 0.272 e. The topological polar surface area (TPSA) is 61.2 Å². The van der Waals surface area contributed by atoms with Crippen LogP contribution in [0.25, 0.3) is 0 Å². The molecule has 0 N–H and O–H groups in total. The molecule has 1 aliphatic rings. The average molecular weight is 216 g/mol. The minimum atomic E-state index is -2.77. The molecule has 6 heteroatoms. The van der Waals surface area contributed by atoms with Gasteiger partial charge in [-0.3, -0.25) is 8.86 Å². The SMILES string of the molecule is Cn1nc(CO[SH](=O)=O)cc1C1CC1. The van der Waals surface area contributed by atoms with Gasteiger partial charge in [0.05, 0.1) is 5.69 Å². The standard InChI is InChI=1S/C8H12N2O3S/c1-10-8(6-2-3-6)4-7(9-10)5-13-14(11)12/h4,6,14H,2-3,5H2,1H3. The second-order valence-electron chi connectivity index (χ2n) is 3.46. The number of aromatic nitrogens is 2. The molecule has 1 heterocycles. The molecule has 0 saturated heterocycles. The van der Waals surface area contributed by atoms with Crippen LogP contribution in [0, 0.1) is 0 Å². The highest BCUT2D eigenvalue weighted by Crippen LogP contribution is 2.39. The van der Waals surface area contributed by atoms with Crippen LogP contribution < -0.4 is 0 Å². The predicted octanol–water partition coefficient (Wildman–Crippen LogP) is 0.341. The van der Waals surface area contributed by atoms with E-state index in [1.54, 1.807) is 4.68 Å². The zero-order valence-corrected chi connectivity index (χ0v) is 8.74. The Bertz CT molecular complexity index is 399. The van der Waals surface area contributed by atoms with E-state index in [0.29, 0.717) is 11.6 Å². The van der Waals surface area contributed by atoms with E-state index in [0.717, 1.165) is 0 Å². The normalized spacial score (nSPS) is 16.4. The Balaban J connectivity index is 2.07. The molecule has 1 saturated carbocycles. The van der Waals surface area contributed by atoms with Crippen molar-refractivity contribution in [3.8, 4) is 0 Å². The molecule has 0 bridgehead atoms. The summed E-state index contributed by atoms with van der Waals surface area (Å²) in [6.07, 6.45) is 2.41. The minimum absolute atomic E-state index is 0.0409. The van der Waals surface area contributed by atoms with Crippen molar-refractivity contribution < 1.29 is 12.6 Å². The summed E-state index contributed by atoms with van der Waals surface area (Å²) < 4.78 is 26.7. The lowest BCUT2D eigenvalue weighted by Gasteiger charge is -1.95. The Hall–Kier alpha value is -0.880. The van der Waals surface area contributed by atoms with Crippen molar-refractivity contribution >= 4 is 11.0 Å². The molecule has 5 nitrogen and oxygen atoms in total. The summed E-state index contributed by atoms with van der Waals surface area (Å²) in [6.45, 7) is 0.0409. The third-order valence-electron chi connectivity index (χ3n) is 2.28. The highest BCUT2D eigenvalue weighted by atomic mass is 32.2. The first-order chi connectivity index (χ1) is 6.66. The second-order valence-corrected chi connectivity index (χ2v) is 4.16. The van der Waals surface area contributed by atoms with Crippen molar-refractivity contribution in [3.05, 3.63) is 17.5 Å². The van der Waals surface area contributed by atoms with Gasteiger partial charge in [-0.1, -0.05) is 0 Å². The van der Waals surface area contributed by atoms with Gasteiger partial charge in [0.15, 0.2) is 0 Å². The van der Waals surface area contributed by atoms with Gasteiger partial charge in [-0.05, 0) is 18.9 Å². The summed E-state index contributed by atoms with van der Waals surface area (Å²) in [6, 6.07) is 1.91. The maximum atomic E-state index is 10.2. The van der Waals surface area contributed by atoms with Gasteiger partial charge in [-0.2, -0.15) is 5.10 Å². The van der Waals surface area contributed by atoms with Crippen molar-refractivity contribution in [2.45, 2.75) is 25.4 Å². The average Bonchev–Trinajstić information content (AvgIpc) is 2.88. The molecule has 0 aromatic carbocycles. The summed E-state index contributed by atoms with van der Waals surface area (Å²) in [5.41, 5.74) is 1.85. The van der Waals surface area contributed by atoms with Crippen LogP contribution in [0.5, 0.6) is 0 Å². The van der Waals surface area contributed by atoms with E-state index in [9.17, 15) is 8.42 Å². The quantitative estimate of drug-likeness (QED) is 0.737. The number of hydrogen-bond donors (Lipinski definition) is 1. The van der Waals surface area contributed by atoms with E-state index in [1.165, 1.54) is 18.5 Å². The van der Waals surface area contributed by atoms with Crippen molar-refractivity contribution in [1.82, 2.24) is 9.78 Å². The Morgan fingerprint density at radius 2 is 2.36 bits per heavy atom. The first-order valence-corrected chi connectivity index (χ1v) is 5.56. The number of rotatable bonds is 4. The lowest BCUT2D eigenvalue weighted by atomic mass is 10.3. The zero-order chi connectivity index (χ0) is 10.1. The van der Waals surface area contributed by atoms with E-state index in [-0.39, 0.29) is 6.61 Å². The minimum Gasteiger partial charge on any atom is -0.272 e. The fourth-order valence-electron chi connectivity index (χ4n) is 1.49. The van der Waals surface area contributed by atoms with Crippen molar-refractivity contribution in [2.75, 3.05) is 0 Å². The van der Waals surface area contributed by atoms with Crippen LogP contribution in [0.4, 0.5) is 0 Å². The van der Waals surface area contributed by atoms with E-state index >= 15 is 0 Å². The fraction of sp³-hybridized carbons (Fsp3) is 0.625. The lowest BCUT2D eigenvalue weighted by molar-refractivity contribution is 0.317. The number of nitrogens with zero attached hydrogens (tertiary/aromatic N) is 2. The Morgan fingerprint density at radius 1 is 1.64 bits per heavy atom. The van der Waals surface area contributed by atoms with Crippen LogP contribution in [-0.4, -0.2) is 18.2 Å². The van der Waals surface area contributed by atoms with Gasteiger partial charge in [-0.25, -0.2) is 8.42 Å². The van der Waals surface area contributed by atoms with Crippen LogP contribution in [0.3, 0.4) is 0 Å². The molecular formula is C8H12N2O3S. The third-order valence-corrected chi connectivity index (χ3v) is 2.62. The molecule has 1 aromatic rings. The van der Waals surface area contributed by atoms with Gasteiger partial charge < -0.3 is 0 Å². The van der Waals surface area contributed by atoms with Crippen LogP contribution in [0.1, 0.15) is 30.1 Å². The third kappa shape index (κ3) is 2.13. The summed E-state index contributed by atoms with van der Waals surface area (Å²) in [4.78, 5) is 0. The predicted molar refractivity (Wildman–Crippen MR) is 50.3 cm³/mol. The van der Waals surface area contributed by atoms with E-state index in [1.807, 2.05) is 13.1 Å². The van der Waals surface area contributed by atoms with Crippen molar-refractivity contribution in [2.24, 2.45) is 7.05 Å². The number of thiol groups is 1. The van der Waals surface area contributed by atoms with Gasteiger partial charge in [0.25, 0.3) is 11.0 Å². The summed E-state index contributed by atoms with van der Waals surface area (Å²) in [7, 11) is -0.904. The number of aryl methyl sites for hydroxylation is 1. The van der Waals surface area contributed by atoms with E-state index in [4.69, 9.17) is 0 Å². The molecule has 14 heavy (non-hydrogen) atoms. The highest BCUT2D eigenvalue weighted by Gasteiger charge is 2.27. The molecule has 1 fully saturated rings. The monoisotopic (exact) mass is 216 g/mol. The van der Waals surface area contributed by atoms with Crippen molar-refractivity contribution in [3.63, 3.8) is 0 Å². The Kier molecular flexibility index (Phi) is 2.56. The van der Waals surface area contributed by atoms with Gasteiger partial charge in [0.2, 0.25) is 0 Å². The van der Waals surface area contributed by atoms with Gasteiger partial charge in [-0.15, -0.1) is 0 Å². The first-order valence-electron chi connectivity index (χ1n) is 4.47. The van der Waals surface area contributed by atoms with Crippen molar-refractivity contribution in [1.29, 1.82) is 0 Å². The van der Waals surface area contributed by atoms with E-state index < -0.39 is 11.0 Å². The maximum Gasteiger partial charge on any atom is 0.257 e. The molecule has 0 aliphatic heterocycles. The molecule has 1 aromatic heterocycles. The van der Waals surface area contributed by atoms with Crippen LogP contribution in [-0.2, 0) is 28.8 Å². The Labute approximate surface area is 83.8 Å². The molecule has 78 valence electrons. The second kappa shape index (κ2) is 3.70. The van der Waals surface area contributed by atoms with Gasteiger partial charge >= 0.3 is 0 Å². The lowest BCUT2D eigenvalue weighted by Crippen LogP contribution is -1.97. The van der Waals surface area contributed by atoms with Crippen LogP contribution in [0.2, 0.25) is 0 Å². The fourth-order valence-corrected chi connectivity index (χ4v) is 1.73. The molecule has 2 rings (SSSR count). The van der Waals surface area contributed by atoms with Gasteiger partial charge in [0, 0.05) is 18.7 Å². The number of hydrogen-bond acceptors (Lipinski definition) is 4. The Morgan fingerprint density at radius 3 is 2.93 bits per heavy atom. The molecule has 0 unspecified atom stereocenters. The summed E-state index contributed by atoms with van der Waals surface area (Å²) >= 11 is 0. The smallest absolute Gasteiger partial charge is 0.257 e. The first kappa shape index (κ1) is 9.67. The molecule has 1 aliphatic carbocycles.